The number of amides is 2. The summed E-state index contributed by atoms with van der Waals surface area (Å²) in [6, 6.07) is 14.9. The smallest absolute Gasteiger partial charge is 0.228 e. The Balaban J connectivity index is 1.63. The molecule has 2 amide bonds. The van der Waals surface area contributed by atoms with Crippen molar-refractivity contribution in [3.8, 4) is 5.75 Å². The Kier molecular flexibility index (Phi) is 6.01. The van der Waals surface area contributed by atoms with E-state index in [0.29, 0.717) is 30.4 Å². The number of nitrogens with zero attached hydrogens (tertiary/aromatic N) is 2. The lowest BCUT2D eigenvalue weighted by Crippen LogP contribution is -2.34. The summed E-state index contributed by atoms with van der Waals surface area (Å²) in [6.45, 7) is 3.40. The maximum Gasteiger partial charge on any atom is 0.228 e. The first-order valence-electron chi connectivity index (χ1n) is 9.01. The number of hydrogen-bond donors (Lipinski definition) is 0. The fraction of sp³-hybridized carbons (Fsp3) is 0.333. The van der Waals surface area contributed by atoms with Gasteiger partial charge in [0.05, 0.1) is 23.2 Å². The fourth-order valence-electron chi connectivity index (χ4n) is 3.30. The van der Waals surface area contributed by atoms with E-state index in [1.165, 1.54) is 0 Å². The van der Waals surface area contributed by atoms with E-state index in [0.717, 1.165) is 11.3 Å². The molecule has 0 aromatic heterocycles. The van der Waals surface area contributed by atoms with Gasteiger partial charge in [-0.05, 0) is 36.8 Å². The highest BCUT2D eigenvalue weighted by Crippen LogP contribution is 2.31. The minimum absolute atomic E-state index is 0.0354. The minimum Gasteiger partial charge on any atom is -0.494 e. The van der Waals surface area contributed by atoms with Crippen LogP contribution >= 0.6 is 11.6 Å². The Morgan fingerprint density at radius 3 is 2.59 bits per heavy atom. The molecular weight excluding hydrogens is 364 g/mol. The molecule has 0 bridgehead atoms. The fourth-order valence-corrected chi connectivity index (χ4v) is 3.54. The summed E-state index contributed by atoms with van der Waals surface area (Å²) in [7, 11) is 1.77. The molecule has 27 heavy (non-hydrogen) atoms. The normalized spacial score (nSPS) is 16.5. The molecule has 1 saturated heterocycles. The highest BCUT2D eigenvalue weighted by molar-refractivity contribution is 6.33. The second-order valence-electron chi connectivity index (χ2n) is 6.63. The third-order valence-corrected chi connectivity index (χ3v) is 4.97. The molecule has 0 saturated carbocycles. The van der Waals surface area contributed by atoms with E-state index >= 15 is 0 Å². The van der Waals surface area contributed by atoms with Gasteiger partial charge in [-0.1, -0.05) is 35.9 Å². The molecule has 1 unspecified atom stereocenters. The zero-order valence-electron chi connectivity index (χ0n) is 15.5. The predicted molar refractivity (Wildman–Crippen MR) is 106 cm³/mol. The second-order valence-corrected chi connectivity index (χ2v) is 7.04. The number of para-hydroxylation sites is 1. The van der Waals surface area contributed by atoms with Gasteiger partial charge >= 0.3 is 0 Å². The van der Waals surface area contributed by atoms with E-state index in [1.54, 1.807) is 29.0 Å². The molecule has 1 heterocycles. The molecule has 1 aliphatic heterocycles. The molecule has 3 rings (SSSR count). The van der Waals surface area contributed by atoms with Gasteiger partial charge in [-0.3, -0.25) is 9.59 Å². The van der Waals surface area contributed by atoms with Crippen molar-refractivity contribution in [1.29, 1.82) is 0 Å². The van der Waals surface area contributed by atoms with Crippen LogP contribution in [0.1, 0.15) is 18.9 Å². The van der Waals surface area contributed by atoms with Crippen LogP contribution in [0.15, 0.2) is 48.5 Å². The van der Waals surface area contributed by atoms with Crippen molar-refractivity contribution in [2.75, 3.05) is 25.1 Å². The lowest BCUT2D eigenvalue weighted by atomic mass is 10.1. The SMILES string of the molecule is CCOc1ccc(CN(C)C(=O)C2CC(=O)N(c3ccccc3Cl)C2)cc1. The number of halogens is 1. The Labute approximate surface area is 164 Å². The number of benzene rings is 2. The van der Waals surface area contributed by atoms with Crippen LogP contribution in [0, 0.1) is 5.92 Å². The lowest BCUT2D eigenvalue weighted by Gasteiger charge is -2.22. The molecule has 5 nitrogen and oxygen atoms in total. The monoisotopic (exact) mass is 386 g/mol. The molecule has 6 heteroatoms. The van der Waals surface area contributed by atoms with Crippen LogP contribution in [0.5, 0.6) is 5.75 Å². The van der Waals surface area contributed by atoms with Crippen molar-refractivity contribution in [3.63, 3.8) is 0 Å². The van der Waals surface area contributed by atoms with Gasteiger partial charge in [-0.2, -0.15) is 0 Å². The molecule has 2 aromatic rings. The average Bonchev–Trinajstić information content (AvgIpc) is 3.05. The summed E-state index contributed by atoms with van der Waals surface area (Å²) in [4.78, 5) is 28.5. The van der Waals surface area contributed by atoms with Crippen LogP contribution in [0.3, 0.4) is 0 Å². The molecule has 0 spiro atoms. The molecule has 1 atom stereocenters. The Bertz CT molecular complexity index is 822. The summed E-state index contributed by atoms with van der Waals surface area (Å²) in [5.41, 5.74) is 1.68. The van der Waals surface area contributed by atoms with Crippen molar-refractivity contribution in [1.82, 2.24) is 4.90 Å². The first kappa shape index (κ1) is 19.2. The van der Waals surface area contributed by atoms with E-state index in [2.05, 4.69) is 0 Å². The number of anilines is 1. The van der Waals surface area contributed by atoms with Gasteiger partial charge in [-0.15, -0.1) is 0 Å². The van der Waals surface area contributed by atoms with Crippen LogP contribution in [0.2, 0.25) is 5.02 Å². The summed E-state index contributed by atoms with van der Waals surface area (Å²) >= 11 is 6.20. The van der Waals surface area contributed by atoms with Crippen molar-refractivity contribution in [2.45, 2.75) is 19.9 Å². The van der Waals surface area contributed by atoms with Gasteiger partial charge in [0.15, 0.2) is 0 Å². The van der Waals surface area contributed by atoms with Crippen LogP contribution in [0.25, 0.3) is 0 Å². The first-order valence-corrected chi connectivity index (χ1v) is 9.39. The molecule has 1 aliphatic rings. The van der Waals surface area contributed by atoms with E-state index in [9.17, 15) is 9.59 Å². The number of ether oxygens (including phenoxy) is 1. The topological polar surface area (TPSA) is 49.9 Å². The Morgan fingerprint density at radius 1 is 1.22 bits per heavy atom. The van der Waals surface area contributed by atoms with Crippen LogP contribution in [-0.4, -0.2) is 36.9 Å². The molecule has 0 N–H and O–H groups in total. The van der Waals surface area contributed by atoms with Crippen molar-refractivity contribution in [2.24, 2.45) is 5.92 Å². The van der Waals surface area contributed by atoms with Crippen LogP contribution in [-0.2, 0) is 16.1 Å². The van der Waals surface area contributed by atoms with Gasteiger partial charge in [0.1, 0.15) is 5.75 Å². The maximum atomic E-state index is 12.8. The van der Waals surface area contributed by atoms with E-state index in [4.69, 9.17) is 16.3 Å². The average molecular weight is 387 g/mol. The van der Waals surface area contributed by atoms with Gasteiger partial charge in [0.25, 0.3) is 0 Å². The zero-order valence-corrected chi connectivity index (χ0v) is 16.3. The molecule has 0 radical (unpaired) electrons. The first-order chi connectivity index (χ1) is 13.0. The molecule has 1 fully saturated rings. The number of carbonyl (C=O) groups excluding carboxylic acids is 2. The third kappa shape index (κ3) is 4.42. The van der Waals surface area contributed by atoms with Crippen LogP contribution < -0.4 is 9.64 Å². The van der Waals surface area contributed by atoms with E-state index in [-0.39, 0.29) is 24.2 Å². The quantitative estimate of drug-likeness (QED) is 0.759. The number of rotatable bonds is 6. The van der Waals surface area contributed by atoms with Crippen molar-refractivity contribution < 1.29 is 14.3 Å². The van der Waals surface area contributed by atoms with Crippen LogP contribution in [0.4, 0.5) is 5.69 Å². The zero-order chi connectivity index (χ0) is 19.4. The number of hydrogen-bond acceptors (Lipinski definition) is 3. The van der Waals surface area contributed by atoms with Crippen molar-refractivity contribution in [3.05, 3.63) is 59.1 Å². The van der Waals surface area contributed by atoms with Gasteiger partial charge in [0.2, 0.25) is 11.8 Å². The van der Waals surface area contributed by atoms with Gasteiger partial charge < -0.3 is 14.5 Å². The minimum atomic E-state index is -0.360. The molecular formula is C21H23ClN2O3. The highest BCUT2D eigenvalue weighted by Gasteiger charge is 2.37. The number of carbonyl (C=O) groups is 2. The van der Waals surface area contributed by atoms with E-state index in [1.807, 2.05) is 43.3 Å². The summed E-state index contributed by atoms with van der Waals surface area (Å²) in [5.74, 6) is 0.344. The third-order valence-electron chi connectivity index (χ3n) is 4.65. The molecule has 2 aromatic carbocycles. The summed E-state index contributed by atoms with van der Waals surface area (Å²) < 4.78 is 5.44. The molecule has 142 valence electrons. The Morgan fingerprint density at radius 2 is 1.93 bits per heavy atom. The predicted octanol–water partition coefficient (Wildman–Crippen LogP) is 3.75. The van der Waals surface area contributed by atoms with Gasteiger partial charge in [-0.25, -0.2) is 0 Å². The summed E-state index contributed by atoms with van der Waals surface area (Å²) in [6.07, 6.45) is 0.206. The highest BCUT2D eigenvalue weighted by atomic mass is 35.5. The standard InChI is InChI=1S/C21H23ClN2O3/c1-3-27-17-10-8-15(9-11-17)13-23(2)21(26)16-12-20(25)24(14-16)19-7-5-4-6-18(19)22/h4-11,16H,3,12-14H2,1-2H3. The largest absolute Gasteiger partial charge is 0.494 e. The van der Waals surface area contributed by atoms with Gasteiger partial charge in [0, 0.05) is 26.6 Å². The van der Waals surface area contributed by atoms with E-state index < -0.39 is 0 Å². The molecule has 0 aliphatic carbocycles. The van der Waals surface area contributed by atoms with Crippen molar-refractivity contribution >= 4 is 29.1 Å². The second kappa shape index (κ2) is 8.44. The summed E-state index contributed by atoms with van der Waals surface area (Å²) in [5, 5.41) is 0.515. The Hall–Kier alpha value is -2.53. The lowest BCUT2D eigenvalue weighted by molar-refractivity contribution is -0.135. The maximum absolute atomic E-state index is 12.8.